The number of aromatic amines is 1. The Kier molecular flexibility index (Phi) is 4.49. The maximum Gasteiger partial charge on any atom is 0.227 e. The van der Waals surface area contributed by atoms with Crippen molar-refractivity contribution in [2.24, 2.45) is 5.92 Å². The molecule has 0 aliphatic heterocycles. The highest BCUT2D eigenvalue weighted by atomic mass is 16.1. The van der Waals surface area contributed by atoms with Crippen LogP contribution in [0.3, 0.4) is 0 Å². The molecule has 0 saturated heterocycles. The van der Waals surface area contributed by atoms with E-state index in [-0.39, 0.29) is 11.8 Å². The minimum Gasteiger partial charge on any atom is -0.326 e. The molecule has 1 aromatic carbocycles. The third-order valence-electron chi connectivity index (χ3n) is 3.35. The van der Waals surface area contributed by atoms with Gasteiger partial charge in [-0.1, -0.05) is 26.7 Å². The number of H-pyrrole nitrogens is 1. The van der Waals surface area contributed by atoms with Gasteiger partial charge in [-0.25, -0.2) is 0 Å². The van der Waals surface area contributed by atoms with Crippen LogP contribution in [0.5, 0.6) is 0 Å². The van der Waals surface area contributed by atoms with Crippen LogP contribution in [0.4, 0.5) is 5.69 Å². The fourth-order valence-electron chi connectivity index (χ4n) is 2.13. The van der Waals surface area contributed by atoms with E-state index in [4.69, 9.17) is 0 Å². The van der Waals surface area contributed by atoms with Gasteiger partial charge in [-0.2, -0.15) is 15.4 Å². The number of nitrogens with one attached hydrogen (secondary N) is 2. The van der Waals surface area contributed by atoms with Crippen LogP contribution in [-0.4, -0.2) is 21.3 Å². The summed E-state index contributed by atoms with van der Waals surface area (Å²) in [6, 6.07) is 5.54. The molecule has 0 bridgehead atoms. The van der Waals surface area contributed by atoms with E-state index in [0.717, 1.165) is 42.4 Å². The maximum atomic E-state index is 12.2. The molecule has 1 heterocycles. The van der Waals surface area contributed by atoms with Gasteiger partial charge in [0.25, 0.3) is 0 Å². The standard InChI is InChI=1S/C14H20N4O/c1-3-5-6-10(4-2)14(19)15-11-7-8-12-13(9-11)17-18-16-12/h7-10H,3-6H2,1-2H3,(H,15,19)(H,16,17,18). The van der Waals surface area contributed by atoms with Crippen molar-refractivity contribution in [3.63, 3.8) is 0 Å². The number of hydrogen-bond donors (Lipinski definition) is 2. The third kappa shape index (κ3) is 3.30. The number of hydrogen-bond acceptors (Lipinski definition) is 3. The van der Waals surface area contributed by atoms with Crippen molar-refractivity contribution in [3.8, 4) is 0 Å². The van der Waals surface area contributed by atoms with Crippen LogP contribution >= 0.6 is 0 Å². The van der Waals surface area contributed by atoms with E-state index in [1.54, 1.807) is 0 Å². The van der Waals surface area contributed by atoms with Crippen LogP contribution in [0, 0.1) is 5.92 Å². The minimum atomic E-state index is 0.0907. The van der Waals surface area contributed by atoms with Crippen molar-refractivity contribution in [3.05, 3.63) is 18.2 Å². The van der Waals surface area contributed by atoms with Crippen LogP contribution in [0.2, 0.25) is 0 Å². The molecule has 5 heteroatoms. The van der Waals surface area contributed by atoms with Crippen LogP contribution in [0.25, 0.3) is 11.0 Å². The first kappa shape index (κ1) is 13.5. The number of unbranched alkanes of at least 4 members (excludes halogenated alkanes) is 1. The second-order valence-corrected chi connectivity index (χ2v) is 4.76. The van der Waals surface area contributed by atoms with Crippen molar-refractivity contribution in [1.82, 2.24) is 15.4 Å². The molecular weight excluding hydrogens is 240 g/mol. The number of carbonyl (C=O) groups is 1. The molecule has 0 fully saturated rings. The predicted octanol–water partition coefficient (Wildman–Crippen LogP) is 3.11. The highest BCUT2D eigenvalue weighted by Crippen LogP contribution is 2.18. The lowest BCUT2D eigenvalue weighted by molar-refractivity contribution is -0.120. The first-order valence-corrected chi connectivity index (χ1v) is 6.86. The molecule has 0 saturated carbocycles. The van der Waals surface area contributed by atoms with E-state index < -0.39 is 0 Å². The van der Waals surface area contributed by atoms with Crippen molar-refractivity contribution >= 4 is 22.6 Å². The van der Waals surface area contributed by atoms with Crippen molar-refractivity contribution < 1.29 is 4.79 Å². The van der Waals surface area contributed by atoms with Gasteiger partial charge in [0, 0.05) is 11.6 Å². The lowest BCUT2D eigenvalue weighted by atomic mass is 9.98. The minimum absolute atomic E-state index is 0.0907. The zero-order valence-electron chi connectivity index (χ0n) is 11.4. The third-order valence-corrected chi connectivity index (χ3v) is 3.35. The van der Waals surface area contributed by atoms with Gasteiger partial charge in [0.15, 0.2) is 0 Å². The second-order valence-electron chi connectivity index (χ2n) is 4.76. The predicted molar refractivity (Wildman–Crippen MR) is 75.8 cm³/mol. The average molecular weight is 260 g/mol. The van der Waals surface area contributed by atoms with Crippen LogP contribution in [-0.2, 0) is 4.79 Å². The maximum absolute atomic E-state index is 12.2. The van der Waals surface area contributed by atoms with E-state index in [9.17, 15) is 4.79 Å². The molecule has 5 nitrogen and oxygen atoms in total. The topological polar surface area (TPSA) is 70.7 Å². The summed E-state index contributed by atoms with van der Waals surface area (Å²) in [6.45, 7) is 4.20. The van der Waals surface area contributed by atoms with E-state index in [2.05, 4.69) is 34.6 Å². The fraction of sp³-hybridized carbons (Fsp3) is 0.500. The van der Waals surface area contributed by atoms with Gasteiger partial charge in [-0.15, -0.1) is 0 Å². The van der Waals surface area contributed by atoms with Crippen LogP contribution in [0.15, 0.2) is 18.2 Å². The number of carbonyl (C=O) groups excluding carboxylic acids is 1. The molecule has 1 unspecified atom stereocenters. The van der Waals surface area contributed by atoms with E-state index in [1.807, 2.05) is 18.2 Å². The van der Waals surface area contributed by atoms with E-state index in [1.165, 1.54) is 0 Å². The van der Waals surface area contributed by atoms with Crippen LogP contribution < -0.4 is 5.32 Å². The quantitative estimate of drug-likeness (QED) is 0.838. The Morgan fingerprint density at radius 1 is 1.32 bits per heavy atom. The largest absolute Gasteiger partial charge is 0.326 e. The number of amides is 1. The summed E-state index contributed by atoms with van der Waals surface area (Å²) < 4.78 is 0. The Bertz CT molecular complexity index is 549. The molecule has 1 aromatic heterocycles. The molecule has 0 aliphatic rings. The number of rotatable bonds is 6. The molecule has 19 heavy (non-hydrogen) atoms. The molecular formula is C14H20N4O. The molecule has 2 aromatic rings. The number of anilines is 1. The van der Waals surface area contributed by atoms with Gasteiger partial charge in [0.05, 0.1) is 0 Å². The summed E-state index contributed by atoms with van der Waals surface area (Å²) in [5.41, 5.74) is 2.34. The SMILES string of the molecule is CCCCC(CC)C(=O)Nc1ccc2n[nH]nc2c1. The molecule has 2 N–H and O–H groups in total. The molecule has 102 valence electrons. The average Bonchev–Trinajstić information content (AvgIpc) is 2.87. The highest BCUT2D eigenvalue weighted by molar-refractivity contribution is 5.94. The van der Waals surface area contributed by atoms with Crippen molar-refractivity contribution in [2.45, 2.75) is 39.5 Å². The summed E-state index contributed by atoms with van der Waals surface area (Å²) >= 11 is 0. The van der Waals surface area contributed by atoms with Gasteiger partial charge in [0.1, 0.15) is 11.0 Å². The Morgan fingerprint density at radius 2 is 2.11 bits per heavy atom. The summed E-state index contributed by atoms with van der Waals surface area (Å²) in [6.07, 6.45) is 4.03. The lowest BCUT2D eigenvalue weighted by Gasteiger charge is -2.14. The molecule has 0 spiro atoms. The van der Waals surface area contributed by atoms with Crippen molar-refractivity contribution in [1.29, 1.82) is 0 Å². The Hall–Kier alpha value is -1.91. The molecule has 0 aliphatic carbocycles. The Morgan fingerprint density at radius 3 is 2.84 bits per heavy atom. The first-order valence-electron chi connectivity index (χ1n) is 6.86. The molecule has 1 amide bonds. The van der Waals surface area contributed by atoms with Crippen LogP contribution in [0.1, 0.15) is 39.5 Å². The van der Waals surface area contributed by atoms with Gasteiger partial charge >= 0.3 is 0 Å². The van der Waals surface area contributed by atoms with E-state index in [0.29, 0.717) is 0 Å². The summed E-state index contributed by atoms with van der Waals surface area (Å²) in [5.74, 6) is 0.187. The smallest absolute Gasteiger partial charge is 0.227 e. The number of aromatic nitrogens is 3. The normalized spacial score (nSPS) is 12.5. The van der Waals surface area contributed by atoms with Gasteiger partial charge < -0.3 is 5.32 Å². The fourth-order valence-corrected chi connectivity index (χ4v) is 2.13. The monoisotopic (exact) mass is 260 g/mol. The number of nitrogens with zero attached hydrogens (tertiary/aromatic N) is 2. The zero-order valence-corrected chi connectivity index (χ0v) is 11.4. The van der Waals surface area contributed by atoms with Gasteiger partial charge in [-0.3, -0.25) is 4.79 Å². The number of fused-ring (bicyclic) bond motifs is 1. The number of benzene rings is 1. The Labute approximate surface area is 112 Å². The zero-order chi connectivity index (χ0) is 13.7. The summed E-state index contributed by atoms with van der Waals surface area (Å²) in [7, 11) is 0. The van der Waals surface area contributed by atoms with Crippen molar-refractivity contribution in [2.75, 3.05) is 5.32 Å². The molecule has 0 radical (unpaired) electrons. The second kappa shape index (κ2) is 6.31. The lowest BCUT2D eigenvalue weighted by Crippen LogP contribution is -2.22. The molecule has 2 rings (SSSR count). The molecule has 1 atom stereocenters. The summed E-state index contributed by atoms with van der Waals surface area (Å²) in [5, 5.41) is 13.5. The van der Waals surface area contributed by atoms with Gasteiger partial charge in [0.2, 0.25) is 5.91 Å². The first-order chi connectivity index (χ1) is 9.24. The summed E-state index contributed by atoms with van der Waals surface area (Å²) in [4.78, 5) is 12.2. The van der Waals surface area contributed by atoms with E-state index >= 15 is 0 Å². The Balaban J connectivity index is 2.04. The van der Waals surface area contributed by atoms with Gasteiger partial charge in [-0.05, 0) is 31.0 Å². The highest BCUT2D eigenvalue weighted by Gasteiger charge is 2.16.